The van der Waals surface area contributed by atoms with Crippen molar-refractivity contribution in [3.63, 3.8) is 0 Å². The fraction of sp³-hybridized carbons (Fsp3) is 0.412. The summed E-state index contributed by atoms with van der Waals surface area (Å²) in [5.41, 5.74) is -0.122. The van der Waals surface area contributed by atoms with E-state index in [2.05, 4.69) is 12.2 Å². The van der Waals surface area contributed by atoms with Crippen LogP contribution in [0.25, 0.3) is 0 Å². The normalized spacial score (nSPS) is 22.6. The second kappa shape index (κ2) is 7.27. The number of piperidine rings is 1. The molecule has 0 amide bonds. The van der Waals surface area contributed by atoms with Gasteiger partial charge < -0.3 is 0 Å². The van der Waals surface area contributed by atoms with E-state index in [0.717, 1.165) is 24.3 Å². The van der Waals surface area contributed by atoms with Gasteiger partial charge in [-0.15, -0.1) is 0 Å². The van der Waals surface area contributed by atoms with Crippen LogP contribution >= 0.6 is 11.6 Å². The average Bonchev–Trinajstić information content (AvgIpc) is 2.62. The van der Waals surface area contributed by atoms with Crippen LogP contribution < -0.4 is 0 Å². The van der Waals surface area contributed by atoms with Crippen LogP contribution in [-0.2, 0) is 10.0 Å². The van der Waals surface area contributed by atoms with Crippen LogP contribution in [-0.4, -0.2) is 30.7 Å². The number of sulfonamides is 1. The molecule has 2 aliphatic rings. The molecule has 1 heterocycles. The number of hydrogen-bond donors (Lipinski definition) is 0. The molecule has 0 spiro atoms. The Kier molecular flexibility index (Phi) is 5.27. The van der Waals surface area contributed by atoms with Gasteiger partial charge in [-0.1, -0.05) is 29.8 Å². The summed E-state index contributed by atoms with van der Waals surface area (Å²) in [4.78, 5) is 10.2. The number of benzene rings is 1. The van der Waals surface area contributed by atoms with Crippen molar-refractivity contribution < 1.29 is 13.3 Å². The molecule has 134 valence electrons. The maximum absolute atomic E-state index is 12.7. The number of nitro groups is 1. The zero-order valence-corrected chi connectivity index (χ0v) is 15.1. The molecule has 1 aliphatic heterocycles. The lowest BCUT2D eigenvalue weighted by Crippen LogP contribution is -2.40. The Balaban J connectivity index is 1.69. The zero-order valence-electron chi connectivity index (χ0n) is 13.5. The highest BCUT2D eigenvalue weighted by Crippen LogP contribution is 2.36. The summed E-state index contributed by atoms with van der Waals surface area (Å²) in [5, 5.41) is 11.5. The third kappa shape index (κ3) is 3.78. The number of nitrogens with zero attached hydrogens (tertiary/aromatic N) is 2. The summed E-state index contributed by atoms with van der Waals surface area (Å²) in [6, 6.07) is 5.03. The highest BCUT2D eigenvalue weighted by molar-refractivity contribution is 7.89. The minimum Gasteiger partial charge on any atom is -0.258 e. The van der Waals surface area contributed by atoms with E-state index in [0.29, 0.717) is 19.0 Å². The van der Waals surface area contributed by atoms with Crippen molar-refractivity contribution in [1.29, 1.82) is 0 Å². The second-order valence-electron chi connectivity index (χ2n) is 6.27. The lowest BCUT2D eigenvalue weighted by molar-refractivity contribution is -0.384. The van der Waals surface area contributed by atoms with Crippen molar-refractivity contribution in [2.24, 2.45) is 11.8 Å². The minimum atomic E-state index is -3.63. The molecule has 0 saturated carbocycles. The molecule has 0 aromatic heterocycles. The lowest BCUT2D eigenvalue weighted by atomic mass is 9.82. The van der Waals surface area contributed by atoms with E-state index in [-0.39, 0.29) is 16.5 Å². The molecular formula is C17H19ClN2O4S. The lowest BCUT2D eigenvalue weighted by Gasteiger charge is -2.35. The summed E-state index contributed by atoms with van der Waals surface area (Å²) in [5.74, 6) is 0.517. The van der Waals surface area contributed by atoms with E-state index < -0.39 is 14.9 Å². The van der Waals surface area contributed by atoms with Crippen LogP contribution in [0, 0.1) is 22.0 Å². The summed E-state index contributed by atoms with van der Waals surface area (Å²) in [6.45, 7) is 0.858. The van der Waals surface area contributed by atoms with Crippen molar-refractivity contribution in [3.8, 4) is 0 Å². The Morgan fingerprint density at radius 2 is 1.80 bits per heavy atom. The molecule has 1 aliphatic carbocycles. The van der Waals surface area contributed by atoms with E-state index in [1.54, 1.807) is 0 Å². The zero-order chi connectivity index (χ0) is 18.0. The Morgan fingerprint density at radius 3 is 2.36 bits per heavy atom. The molecule has 1 aromatic carbocycles. The molecular weight excluding hydrogens is 364 g/mol. The third-order valence-corrected chi connectivity index (χ3v) is 7.12. The van der Waals surface area contributed by atoms with Gasteiger partial charge in [0.25, 0.3) is 5.69 Å². The molecule has 8 heteroatoms. The Labute approximate surface area is 152 Å². The number of allylic oxidation sites excluding steroid dienone is 4. The Morgan fingerprint density at radius 1 is 1.16 bits per heavy atom. The van der Waals surface area contributed by atoms with Gasteiger partial charge in [0.1, 0.15) is 0 Å². The molecule has 0 bridgehead atoms. The van der Waals surface area contributed by atoms with Gasteiger partial charge >= 0.3 is 0 Å². The van der Waals surface area contributed by atoms with Gasteiger partial charge in [0, 0.05) is 36.2 Å². The SMILES string of the molecule is O=[N+]([O-])c1ccc(S(=O)(=O)N2CCC(C3C=CCC=C3Cl)CC2)cc1. The van der Waals surface area contributed by atoms with Gasteiger partial charge in [-0.25, -0.2) is 8.42 Å². The quantitative estimate of drug-likeness (QED) is 0.451. The molecule has 0 N–H and O–H groups in total. The van der Waals surface area contributed by atoms with E-state index >= 15 is 0 Å². The van der Waals surface area contributed by atoms with Crippen molar-refractivity contribution in [1.82, 2.24) is 4.31 Å². The molecule has 1 aromatic rings. The second-order valence-corrected chi connectivity index (χ2v) is 8.65. The van der Waals surface area contributed by atoms with Gasteiger partial charge in [0.2, 0.25) is 10.0 Å². The van der Waals surface area contributed by atoms with Gasteiger partial charge in [-0.05, 0) is 37.3 Å². The summed E-state index contributed by atoms with van der Waals surface area (Å²) < 4.78 is 26.9. The topological polar surface area (TPSA) is 80.5 Å². The number of hydrogen-bond acceptors (Lipinski definition) is 4. The van der Waals surface area contributed by atoms with Gasteiger partial charge in [0.05, 0.1) is 9.82 Å². The number of nitro benzene ring substituents is 1. The first kappa shape index (κ1) is 18.1. The number of halogens is 1. The number of rotatable bonds is 4. The fourth-order valence-corrected chi connectivity index (χ4v) is 5.19. The first-order chi connectivity index (χ1) is 11.9. The van der Waals surface area contributed by atoms with E-state index in [9.17, 15) is 18.5 Å². The van der Waals surface area contributed by atoms with Crippen LogP contribution in [0.1, 0.15) is 19.3 Å². The fourth-order valence-electron chi connectivity index (χ4n) is 3.38. The maximum atomic E-state index is 12.7. The predicted molar refractivity (Wildman–Crippen MR) is 95.8 cm³/mol. The van der Waals surface area contributed by atoms with E-state index in [1.165, 1.54) is 28.6 Å². The highest BCUT2D eigenvalue weighted by atomic mass is 35.5. The number of non-ortho nitro benzene ring substituents is 1. The Hall–Kier alpha value is -1.70. The summed E-state index contributed by atoms with van der Waals surface area (Å²) in [7, 11) is -3.63. The van der Waals surface area contributed by atoms with E-state index in [1.807, 2.05) is 6.08 Å². The molecule has 1 saturated heterocycles. The molecule has 25 heavy (non-hydrogen) atoms. The third-order valence-electron chi connectivity index (χ3n) is 4.80. The van der Waals surface area contributed by atoms with Crippen molar-refractivity contribution in [2.45, 2.75) is 24.2 Å². The van der Waals surface area contributed by atoms with Crippen LogP contribution in [0.5, 0.6) is 0 Å². The predicted octanol–water partition coefficient (Wildman–Crippen LogP) is 3.69. The van der Waals surface area contributed by atoms with Gasteiger partial charge in [0.15, 0.2) is 0 Å². The van der Waals surface area contributed by atoms with Crippen LogP contribution in [0.4, 0.5) is 5.69 Å². The summed E-state index contributed by atoms with van der Waals surface area (Å²) in [6.07, 6.45) is 8.55. The standard InChI is InChI=1S/C17H19ClN2O4S/c18-17-4-2-1-3-16(17)13-9-11-19(12-10-13)25(23,24)15-7-5-14(6-8-15)20(21)22/h1,3-8,13,16H,2,9-12H2. The summed E-state index contributed by atoms with van der Waals surface area (Å²) >= 11 is 6.30. The molecule has 1 atom stereocenters. The van der Waals surface area contributed by atoms with Crippen molar-refractivity contribution in [3.05, 3.63) is 57.6 Å². The van der Waals surface area contributed by atoms with Crippen LogP contribution in [0.15, 0.2) is 52.4 Å². The molecule has 1 unspecified atom stereocenters. The minimum absolute atomic E-state index is 0.0899. The Bertz CT molecular complexity index is 810. The molecule has 6 nitrogen and oxygen atoms in total. The van der Waals surface area contributed by atoms with Gasteiger partial charge in [-0.3, -0.25) is 10.1 Å². The van der Waals surface area contributed by atoms with Crippen molar-refractivity contribution >= 4 is 27.3 Å². The largest absolute Gasteiger partial charge is 0.269 e. The smallest absolute Gasteiger partial charge is 0.258 e. The first-order valence-electron chi connectivity index (χ1n) is 8.16. The monoisotopic (exact) mass is 382 g/mol. The van der Waals surface area contributed by atoms with Crippen LogP contribution in [0.3, 0.4) is 0 Å². The van der Waals surface area contributed by atoms with Crippen LogP contribution in [0.2, 0.25) is 0 Å². The average molecular weight is 383 g/mol. The molecule has 1 fully saturated rings. The first-order valence-corrected chi connectivity index (χ1v) is 9.98. The van der Waals surface area contributed by atoms with Crippen molar-refractivity contribution in [2.75, 3.05) is 13.1 Å². The maximum Gasteiger partial charge on any atom is 0.269 e. The molecule has 3 rings (SSSR count). The molecule has 0 radical (unpaired) electrons. The van der Waals surface area contributed by atoms with Gasteiger partial charge in [-0.2, -0.15) is 4.31 Å². The highest BCUT2D eigenvalue weighted by Gasteiger charge is 2.33. The van der Waals surface area contributed by atoms with E-state index in [4.69, 9.17) is 11.6 Å².